The molecule has 94 valence electrons. The number of alkyl halides is 5. The Bertz CT molecular complexity index is 462. The first-order valence-electron chi connectivity index (χ1n) is 3.84. The molecule has 1 aromatic heterocycles. The number of hydrogen-bond donors (Lipinski definition) is 0. The Morgan fingerprint density at radius 3 is 2.29 bits per heavy atom. The van der Waals surface area contributed by atoms with Gasteiger partial charge < -0.3 is 10.1 Å². The fraction of sp³-hybridized carbons (Fsp3) is 0.286. The van der Waals surface area contributed by atoms with Gasteiger partial charge in [0.05, 0.1) is 5.56 Å². The molecule has 0 saturated heterocycles. The van der Waals surface area contributed by atoms with Crippen LogP contribution in [0.1, 0.15) is 17.7 Å². The summed E-state index contributed by atoms with van der Waals surface area (Å²) in [5, 5.41) is 9.01. The normalized spacial score (nSPS) is 11.9. The standard InChI is InChI=1S/C7H2ClF5N2O2/c8-4-2(7(11,12)13)1-3(5(9)10)14-6(4)15(16)17/h1,5H. The molecule has 0 aromatic carbocycles. The van der Waals surface area contributed by atoms with Crippen molar-refractivity contribution >= 4 is 17.4 Å². The molecule has 0 aliphatic heterocycles. The second-order valence-electron chi connectivity index (χ2n) is 2.79. The third-order valence-corrected chi connectivity index (χ3v) is 2.03. The summed E-state index contributed by atoms with van der Waals surface area (Å²) < 4.78 is 61.5. The number of halogens is 6. The quantitative estimate of drug-likeness (QED) is 0.471. The number of hydrogen-bond acceptors (Lipinski definition) is 3. The van der Waals surface area contributed by atoms with Crippen LogP contribution in [-0.2, 0) is 6.18 Å². The molecule has 1 aromatic rings. The summed E-state index contributed by atoms with van der Waals surface area (Å²) in [6, 6.07) is -0.0139. The van der Waals surface area contributed by atoms with Crippen LogP contribution in [0.25, 0.3) is 0 Å². The van der Waals surface area contributed by atoms with Gasteiger partial charge in [-0.1, -0.05) is 11.6 Å². The van der Waals surface area contributed by atoms with E-state index in [9.17, 15) is 32.1 Å². The molecule has 0 fully saturated rings. The summed E-state index contributed by atoms with van der Waals surface area (Å²) in [4.78, 5) is 11.7. The van der Waals surface area contributed by atoms with Crippen LogP contribution in [0.5, 0.6) is 0 Å². The van der Waals surface area contributed by atoms with E-state index in [1.807, 2.05) is 0 Å². The minimum Gasteiger partial charge on any atom is -0.358 e. The molecule has 0 atom stereocenters. The van der Waals surface area contributed by atoms with Crippen molar-refractivity contribution in [2.75, 3.05) is 0 Å². The zero-order chi connectivity index (χ0) is 13.4. The predicted octanol–water partition coefficient (Wildman–Crippen LogP) is 3.60. The molecule has 0 aliphatic rings. The maximum atomic E-state index is 12.4. The Morgan fingerprint density at radius 1 is 1.41 bits per heavy atom. The summed E-state index contributed by atoms with van der Waals surface area (Å²) in [6.07, 6.45) is -8.44. The van der Waals surface area contributed by atoms with Crippen molar-refractivity contribution in [1.29, 1.82) is 0 Å². The number of nitrogens with zero attached hydrogens (tertiary/aromatic N) is 2. The fourth-order valence-electron chi connectivity index (χ4n) is 0.974. The van der Waals surface area contributed by atoms with Crippen LogP contribution < -0.4 is 0 Å². The second-order valence-corrected chi connectivity index (χ2v) is 3.17. The van der Waals surface area contributed by atoms with Crippen molar-refractivity contribution in [3.63, 3.8) is 0 Å². The highest BCUT2D eigenvalue weighted by Gasteiger charge is 2.39. The van der Waals surface area contributed by atoms with Crippen LogP contribution in [0.4, 0.5) is 27.8 Å². The Morgan fingerprint density at radius 2 is 1.94 bits per heavy atom. The lowest BCUT2D eigenvalue weighted by Gasteiger charge is -2.09. The molecule has 0 saturated carbocycles. The van der Waals surface area contributed by atoms with Crippen LogP contribution in [0.3, 0.4) is 0 Å². The summed E-state index contributed by atoms with van der Waals surface area (Å²) >= 11 is 5.10. The number of rotatable bonds is 2. The molecular weight excluding hydrogens is 275 g/mol. The van der Waals surface area contributed by atoms with Crippen LogP contribution in [0, 0.1) is 10.1 Å². The highest BCUT2D eigenvalue weighted by atomic mass is 35.5. The highest BCUT2D eigenvalue weighted by Crippen LogP contribution is 2.40. The molecular formula is C7H2ClF5N2O2. The number of nitro groups is 1. The lowest BCUT2D eigenvalue weighted by molar-refractivity contribution is -0.389. The Hall–Kier alpha value is -1.51. The Balaban J connectivity index is 3.55. The molecule has 4 nitrogen and oxygen atoms in total. The second kappa shape index (κ2) is 4.40. The molecule has 0 amide bonds. The lowest BCUT2D eigenvalue weighted by Crippen LogP contribution is -2.10. The van der Waals surface area contributed by atoms with Gasteiger partial charge in [-0.25, -0.2) is 8.78 Å². The fourth-order valence-corrected chi connectivity index (χ4v) is 1.25. The molecule has 17 heavy (non-hydrogen) atoms. The summed E-state index contributed by atoms with van der Waals surface area (Å²) in [7, 11) is 0. The van der Waals surface area contributed by atoms with Gasteiger partial charge in [-0.3, -0.25) is 0 Å². The van der Waals surface area contributed by atoms with Crippen LogP contribution in [0.15, 0.2) is 6.07 Å². The van der Waals surface area contributed by atoms with E-state index in [2.05, 4.69) is 4.98 Å². The third-order valence-electron chi connectivity index (χ3n) is 1.66. The van der Waals surface area contributed by atoms with E-state index in [0.717, 1.165) is 0 Å². The Kier molecular flexibility index (Phi) is 3.51. The molecule has 0 unspecified atom stereocenters. The maximum absolute atomic E-state index is 12.4. The highest BCUT2D eigenvalue weighted by molar-refractivity contribution is 6.33. The summed E-state index contributed by atoms with van der Waals surface area (Å²) in [5.41, 5.74) is -3.07. The number of aromatic nitrogens is 1. The Labute approximate surface area is 95.2 Å². The third kappa shape index (κ3) is 2.78. The van der Waals surface area contributed by atoms with E-state index in [4.69, 9.17) is 11.6 Å². The van der Waals surface area contributed by atoms with Crippen molar-refractivity contribution in [2.24, 2.45) is 0 Å². The van der Waals surface area contributed by atoms with E-state index < -0.39 is 39.6 Å². The zero-order valence-corrected chi connectivity index (χ0v) is 8.39. The van der Waals surface area contributed by atoms with Gasteiger partial charge in [0.25, 0.3) is 0 Å². The van der Waals surface area contributed by atoms with Gasteiger partial charge in [-0.2, -0.15) is 13.2 Å². The smallest absolute Gasteiger partial charge is 0.358 e. The first kappa shape index (κ1) is 13.6. The first-order chi connectivity index (χ1) is 7.64. The maximum Gasteiger partial charge on any atom is 0.418 e. The number of pyridine rings is 1. The van der Waals surface area contributed by atoms with Crippen molar-refractivity contribution in [3.05, 3.63) is 32.5 Å². The summed E-state index contributed by atoms with van der Waals surface area (Å²) in [6.45, 7) is 0. The van der Waals surface area contributed by atoms with Crippen molar-refractivity contribution < 1.29 is 26.9 Å². The molecule has 0 spiro atoms. The molecule has 10 heteroatoms. The summed E-state index contributed by atoms with van der Waals surface area (Å²) in [5.74, 6) is -1.45. The molecule has 0 N–H and O–H groups in total. The van der Waals surface area contributed by atoms with Crippen molar-refractivity contribution in [3.8, 4) is 0 Å². The van der Waals surface area contributed by atoms with Gasteiger partial charge in [-0.05, 0) is 9.91 Å². The van der Waals surface area contributed by atoms with E-state index in [-0.39, 0.29) is 6.07 Å². The van der Waals surface area contributed by atoms with E-state index in [1.165, 1.54) is 0 Å². The average Bonchev–Trinajstić information content (AvgIpc) is 2.15. The van der Waals surface area contributed by atoms with E-state index in [1.54, 1.807) is 0 Å². The largest absolute Gasteiger partial charge is 0.418 e. The van der Waals surface area contributed by atoms with Gasteiger partial charge in [0.15, 0.2) is 5.02 Å². The minimum atomic E-state index is -5.07. The average molecular weight is 277 g/mol. The van der Waals surface area contributed by atoms with E-state index >= 15 is 0 Å². The van der Waals surface area contributed by atoms with Gasteiger partial charge in [-0.15, -0.1) is 0 Å². The minimum absolute atomic E-state index is 0.0139. The molecule has 1 heterocycles. The monoisotopic (exact) mass is 276 g/mol. The van der Waals surface area contributed by atoms with Gasteiger partial charge in [0, 0.05) is 6.07 Å². The topological polar surface area (TPSA) is 56.0 Å². The molecule has 0 bridgehead atoms. The van der Waals surface area contributed by atoms with Gasteiger partial charge in [0.2, 0.25) is 5.69 Å². The van der Waals surface area contributed by atoms with Gasteiger partial charge in [0.1, 0.15) is 0 Å². The first-order valence-corrected chi connectivity index (χ1v) is 4.22. The van der Waals surface area contributed by atoms with E-state index in [0.29, 0.717) is 0 Å². The van der Waals surface area contributed by atoms with Crippen molar-refractivity contribution in [1.82, 2.24) is 4.98 Å². The zero-order valence-electron chi connectivity index (χ0n) is 7.63. The SMILES string of the molecule is O=[N+]([O-])c1nc(C(F)F)cc(C(F)(F)F)c1Cl. The molecule has 0 radical (unpaired) electrons. The molecule has 1 rings (SSSR count). The van der Waals surface area contributed by atoms with Crippen molar-refractivity contribution in [2.45, 2.75) is 12.6 Å². The van der Waals surface area contributed by atoms with Gasteiger partial charge >= 0.3 is 18.4 Å². The van der Waals surface area contributed by atoms with Crippen LogP contribution >= 0.6 is 11.6 Å². The predicted molar refractivity (Wildman–Crippen MR) is 45.9 cm³/mol. The van der Waals surface area contributed by atoms with Crippen LogP contribution in [-0.4, -0.2) is 9.91 Å². The van der Waals surface area contributed by atoms with Crippen LogP contribution in [0.2, 0.25) is 5.02 Å². The lowest BCUT2D eigenvalue weighted by atomic mass is 10.2. The molecule has 0 aliphatic carbocycles.